The van der Waals surface area contributed by atoms with Crippen LogP contribution in [0.15, 0.2) is 49.1 Å². The molecule has 0 saturated carbocycles. The van der Waals surface area contributed by atoms with E-state index in [1.165, 1.54) is 29.2 Å². The van der Waals surface area contributed by atoms with Crippen molar-refractivity contribution in [2.45, 2.75) is 12.8 Å². The average molecular weight is 346 g/mol. The summed E-state index contributed by atoms with van der Waals surface area (Å²) in [6.07, 6.45) is 7.07. The van der Waals surface area contributed by atoms with E-state index in [0.717, 1.165) is 5.56 Å². The topological polar surface area (TPSA) is 72.7 Å². The van der Waals surface area contributed by atoms with E-state index < -0.39 is 5.82 Å². The lowest BCUT2D eigenvalue weighted by atomic mass is 10.1. The Kier molecular flexibility index (Phi) is 4.81. The van der Waals surface area contributed by atoms with Gasteiger partial charge in [0, 0.05) is 18.8 Å². The third-order valence-electron chi connectivity index (χ3n) is 3.26. The number of halogens is 2. The van der Waals surface area contributed by atoms with Crippen LogP contribution in [0.2, 0.25) is 5.02 Å². The third-order valence-corrected chi connectivity index (χ3v) is 3.55. The molecule has 0 unspecified atom stereocenters. The van der Waals surface area contributed by atoms with Crippen molar-refractivity contribution in [2.24, 2.45) is 0 Å². The summed E-state index contributed by atoms with van der Waals surface area (Å²) in [5.41, 5.74) is 1.29. The molecule has 1 aromatic carbocycles. The molecule has 0 saturated heterocycles. The maximum absolute atomic E-state index is 13.1. The largest absolute Gasteiger partial charge is 0.323 e. The molecular weight excluding hydrogens is 333 g/mol. The predicted molar refractivity (Wildman–Crippen MR) is 87.5 cm³/mol. The van der Waals surface area contributed by atoms with Crippen molar-refractivity contribution in [2.75, 3.05) is 5.32 Å². The number of carbonyl (C=O) groups is 1. The van der Waals surface area contributed by atoms with Gasteiger partial charge in [0.05, 0.1) is 23.1 Å². The SMILES string of the molecule is O=C(CCc1ccc(F)c(Cl)c1)Nc1cnc(-n2cccn2)nc1. The fraction of sp³-hybridized carbons (Fsp3) is 0.125. The van der Waals surface area contributed by atoms with Crippen molar-refractivity contribution in [3.05, 3.63) is 65.5 Å². The van der Waals surface area contributed by atoms with E-state index in [0.29, 0.717) is 18.1 Å². The van der Waals surface area contributed by atoms with E-state index in [1.54, 1.807) is 24.5 Å². The van der Waals surface area contributed by atoms with Gasteiger partial charge in [-0.2, -0.15) is 5.10 Å². The second-order valence-electron chi connectivity index (χ2n) is 5.02. The van der Waals surface area contributed by atoms with Gasteiger partial charge >= 0.3 is 0 Å². The predicted octanol–water partition coefficient (Wildman–Crippen LogP) is 3.03. The Balaban J connectivity index is 1.55. The minimum absolute atomic E-state index is 0.0514. The highest BCUT2D eigenvalue weighted by Gasteiger charge is 2.07. The smallest absolute Gasteiger partial charge is 0.250 e. The molecule has 0 bridgehead atoms. The molecule has 0 atom stereocenters. The van der Waals surface area contributed by atoms with Crippen molar-refractivity contribution >= 4 is 23.2 Å². The van der Waals surface area contributed by atoms with E-state index in [9.17, 15) is 9.18 Å². The summed E-state index contributed by atoms with van der Waals surface area (Å²) in [4.78, 5) is 20.2. The molecule has 0 radical (unpaired) electrons. The van der Waals surface area contributed by atoms with Gasteiger partial charge in [-0.1, -0.05) is 17.7 Å². The molecule has 0 aliphatic rings. The molecule has 8 heteroatoms. The molecule has 0 aliphatic carbocycles. The molecule has 24 heavy (non-hydrogen) atoms. The second-order valence-corrected chi connectivity index (χ2v) is 5.43. The summed E-state index contributed by atoms with van der Waals surface area (Å²) in [7, 11) is 0. The molecular formula is C16H13ClFN5O. The Bertz CT molecular complexity index is 836. The standard InChI is InChI=1S/C16H13ClFN5O/c17-13-8-11(2-4-14(13)18)3-5-15(24)22-12-9-19-16(20-10-12)23-7-1-6-21-23/h1-2,4,6-10H,3,5H2,(H,22,24). The summed E-state index contributed by atoms with van der Waals surface area (Å²) >= 11 is 5.72. The van der Waals surface area contributed by atoms with Crippen LogP contribution in [-0.4, -0.2) is 25.7 Å². The number of benzene rings is 1. The number of nitrogens with zero attached hydrogens (tertiary/aromatic N) is 4. The van der Waals surface area contributed by atoms with Crippen molar-refractivity contribution in [1.29, 1.82) is 0 Å². The van der Waals surface area contributed by atoms with Gasteiger partial charge in [0.15, 0.2) is 0 Å². The van der Waals surface area contributed by atoms with Crippen molar-refractivity contribution in [1.82, 2.24) is 19.7 Å². The van der Waals surface area contributed by atoms with Gasteiger partial charge in [0.2, 0.25) is 5.91 Å². The molecule has 1 amide bonds. The van der Waals surface area contributed by atoms with Gasteiger partial charge in [-0.25, -0.2) is 19.0 Å². The summed E-state index contributed by atoms with van der Waals surface area (Å²) in [5.74, 6) is -0.246. The lowest BCUT2D eigenvalue weighted by Crippen LogP contribution is -2.13. The number of hydrogen-bond acceptors (Lipinski definition) is 4. The molecule has 2 heterocycles. The number of aromatic nitrogens is 4. The second kappa shape index (κ2) is 7.18. The summed E-state index contributed by atoms with van der Waals surface area (Å²) in [5, 5.41) is 6.78. The molecule has 1 N–H and O–H groups in total. The Morgan fingerprint density at radius 2 is 2.08 bits per heavy atom. The van der Waals surface area contributed by atoms with E-state index in [4.69, 9.17) is 11.6 Å². The van der Waals surface area contributed by atoms with Gasteiger partial charge in [-0.3, -0.25) is 4.79 Å². The van der Waals surface area contributed by atoms with Crippen LogP contribution in [0.5, 0.6) is 0 Å². The van der Waals surface area contributed by atoms with Crippen molar-refractivity contribution in [3.63, 3.8) is 0 Å². The number of rotatable bonds is 5. The number of nitrogens with one attached hydrogen (secondary N) is 1. The van der Waals surface area contributed by atoms with Crippen LogP contribution in [0.1, 0.15) is 12.0 Å². The number of aryl methyl sites for hydroxylation is 1. The Labute approximate surface area is 142 Å². The minimum atomic E-state index is -0.473. The van der Waals surface area contributed by atoms with E-state index in [-0.39, 0.29) is 17.4 Å². The zero-order chi connectivity index (χ0) is 16.9. The van der Waals surface area contributed by atoms with Gasteiger partial charge in [-0.05, 0) is 30.2 Å². The van der Waals surface area contributed by atoms with Crippen LogP contribution in [0.3, 0.4) is 0 Å². The third kappa shape index (κ3) is 3.94. The molecule has 0 spiro atoms. The lowest BCUT2D eigenvalue weighted by molar-refractivity contribution is -0.116. The zero-order valence-corrected chi connectivity index (χ0v) is 13.2. The average Bonchev–Trinajstić information content (AvgIpc) is 3.11. The highest BCUT2D eigenvalue weighted by molar-refractivity contribution is 6.30. The highest BCUT2D eigenvalue weighted by atomic mass is 35.5. The van der Waals surface area contributed by atoms with E-state index in [2.05, 4.69) is 20.4 Å². The first kappa shape index (κ1) is 16.1. The van der Waals surface area contributed by atoms with Crippen molar-refractivity contribution in [3.8, 4) is 5.95 Å². The molecule has 0 aliphatic heterocycles. The zero-order valence-electron chi connectivity index (χ0n) is 12.5. The Hall–Kier alpha value is -2.80. The monoisotopic (exact) mass is 345 g/mol. The quantitative estimate of drug-likeness (QED) is 0.771. The first-order valence-corrected chi connectivity index (χ1v) is 7.55. The number of carbonyl (C=O) groups excluding carboxylic acids is 1. The Morgan fingerprint density at radius 1 is 1.29 bits per heavy atom. The molecule has 0 fully saturated rings. The number of anilines is 1. The van der Waals surface area contributed by atoms with Crippen LogP contribution >= 0.6 is 11.6 Å². The molecule has 2 aromatic heterocycles. The lowest BCUT2D eigenvalue weighted by Gasteiger charge is -2.06. The van der Waals surface area contributed by atoms with Gasteiger partial charge in [-0.15, -0.1) is 0 Å². The number of amides is 1. The normalized spacial score (nSPS) is 10.6. The highest BCUT2D eigenvalue weighted by Crippen LogP contribution is 2.17. The maximum Gasteiger partial charge on any atom is 0.250 e. The summed E-state index contributed by atoms with van der Waals surface area (Å²) < 4.78 is 14.6. The van der Waals surface area contributed by atoms with Crippen LogP contribution in [0.25, 0.3) is 5.95 Å². The molecule has 122 valence electrons. The molecule has 3 aromatic rings. The van der Waals surface area contributed by atoms with Crippen LogP contribution in [0, 0.1) is 5.82 Å². The summed E-state index contributed by atoms with van der Waals surface area (Å²) in [6.45, 7) is 0. The molecule has 3 rings (SSSR count). The number of hydrogen-bond donors (Lipinski definition) is 1. The summed E-state index contributed by atoms with van der Waals surface area (Å²) in [6, 6.07) is 6.18. The minimum Gasteiger partial charge on any atom is -0.323 e. The van der Waals surface area contributed by atoms with Crippen LogP contribution in [0.4, 0.5) is 10.1 Å². The van der Waals surface area contributed by atoms with Gasteiger partial charge in [0.1, 0.15) is 5.82 Å². The van der Waals surface area contributed by atoms with Crippen LogP contribution < -0.4 is 5.32 Å². The first-order chi connectivity index (χ1) is 11.6. The fourth-order valence-corrected chi connectivity index (χ4v) is 2.27. The van der Waals surface area contributed by atoms with Crippen LogP contribution in [-0.2, 0) is 11.2 Å². The van der Waals surface area contributed by atoms with E-state index in [1.807, 2.05) is 0 Å². The van der Waals surface area contributed by atoms with Crippen molar-refractivity contribution < 1.29 is 9.18 Å². The Morgan fingerprint density at radius 3 is 2.75 bits per heavy atom. The van der Waals surface area contributed by atoms with Gasteiger partial charge in [0.25, 0.3) is 5.95 Å². The molecule has 6 nitrogen and oxygen atoms in total. The van der Waals surface area contributed by atoms with Gasteiger partial charge < -0.3 is 5.32 Å². The maximum atomic E-state index is 13.1. The van der Waals surface area contributed by atoms with E-state index >= 15 is 0 Å². The first-order valence-electron chi connectivity index (χ1n) is 7.17. The fourth-order valence-electron chi connectivity index (χ4n) is 2.07.